The molecule has 1 N–H and O–H groups in total. The van der Waals surface area contributed by atoms with Crippen LogP contribution in [-0.2, 0) is 17.8 Å². The maximum Gasteiger partial charge on any atom is 0.422 e. The zero-order chi connectivity index (χ0) is 26.3. The third kappa shape index (κ3) is 7.24. The van der Waals surface area contributed by atoms with E-state index in [0.29, 0.717) is 43.7 Å². The second-order valence-corrected chi connectivity index (χ2v) is 8.62. The number of imidazole rings is 1. The van der Waals surface area contributed by atoms with Gasteiger partial charge in [0.25, 0.3) is 0 Å². The minimum atomic E-state index is -4.46. The normalized spacial score (nSPS) is 15.1. The lowest BCUT2D eigenvalue weighted by Crippen LogP contribution is -2.50. The number of nitriles is 1. The van der Waals surface area contributed by atoms with Crippen LogP contribution < -0.4 is 4.74 Å². The van der Waals surface area contributed by atoms with Gasteiger partial charge in [-0.1, -0.05) is 30.3 Å². The number of piperazine rings is 1. The van der Waals surface area contributed by atoms with Crippen LogP contribution in [0.1, 0.15) is 28.4 Å². The number of carbonyl (C=O) groups excluding carboxylic acids is 1. The van der Waals surface area contributed by atoms with Crippen LogP contribution >= 0.6 is 0 Å². The number of hydrogen-bond donors (Lipinski definition) is 1. The summed E-state index contributed by atoms with van der Waals surface area (Å²) in [7, 11) is 0. The fraction of sp³-hybridized carbons (Fsp3) is 0.346. The highest BCUT2D eigenvalue weighted by molar-refractivity contribution is 5.67. The molecular weight excluding hydrogens is 487 g/mol. The molecule has 2 heterocycles. The van der Waals surface area contributed by atoms with E-state index in [9.17, 15) is 18.0 Å². The van der Waals surface area contributed by atoms with Gasteiger partial charge in [-0.2, -0.15) is 18.4 Å². The monoisotopic (exact) mass is 513 g/mol. The molecule has 0 saturated carbocycles. The molecule has 1 aliphatic rings. The van der Waals surface area contributed by atoms with E-state index < -0.39 is 18.9 Å². The maximum absolute atomic E-state index is 12.7. The first-order chi connectivity index (χ1) is 17.8. The third-order valence-corrected chi connectivity index (χ3v) is 6.12. The van der Waals surface area contributed by atoms with Crippen molar-refractivity contribution in [3.05, 3.63) is 83.4 Å². The molecule has 194 valence electrons. The molecule has 11 heteroatoms. The number of H-pyrrole nitrogens is 1. The minimum absolute atomic E-state index is 0.00580. The molecule has 8 nitrogen and oxygen atoms in total. The van der Waals surface area contributed by atoms with Gasteiger partial charge in [0.2, 0.25) is 0 Å². The van der Waals surface area contributed by atoms with Gasteiger partial charge in [0.15, 0.2) is 6.61 Å². The molecule has 0 aliphatic carbocycles. The number of benzene rings is 2. The smallest absolute Gasteiger partial charge is 0.422 e. The number of para-hydroxylation sites is 1. The van der Waals surface area contributed by atoms with Gasteiger partial charge >= 0.3 is 12.3 Å². The second kappa shape index (κ2) is 11.8. The van der Waals surface area contributed by atoms with Crippen molar-refractivity contribution in [2.45, 2.75) is 25.2 Å². The molecule has 1 amide bonds. The first kappa shape index (κ1) is 26.0. The van der Waals surface area contributed by atoms with Crippen LogP contribution in [0.25, 0.3) is 0 Å². The van der Waals surface area contributed by atoms with Crippen molar-refractivity contribution < 1.29 is 27.4 Å². The molecule has 0 bridgehead atoms. The van der Waals surface area contributed by atoms with Crippen molar-refractivity contribution in [2.75, 3.05) is 32.8 Å². The minimum Gasteiger partial charge on any atom is -0.484 e. The van der Waals surface area contributed by atoms with Gasteiger partial charge in [0.1, 0.15) is 12.4 Å². The summed E-state index contributed by atoms with van der Waals surface area (Å²) in [5.74, 6) is 0.0302. The predicted molar refractivity (Wildman–Crippen MR) is 128 cm³/mol. The highest BCUT2D eigenvalue weighted by Gasteiger charge is 2.30. The SMILES string of the molecule is N#Cc1ccc(CC(c2cnc[nH]2)N2CCN(C(=O)OCc3ccccc3OCC(F)(F)F)CC2)cc1. The zero-order valence-corrected chi connectivity index (χ0v) is 19.9. The molecule has 0 radical (unpaired) electrons. The Morgan fingerprint density at radius 3 is 2.49 bits per heavy atom. The molecule has 1 atom stereocenters. The number of nitrogens with one attached hydrogen (secondary N) is 1. The van der Waals surface area contributed by atoms with Crippen molar-refractivity contribution in [2.24, 2.45) is 0 Å². The highest BCUT2D eigenvalue weighted by Crippen LogP contribution is 2.26. The Labute approximate surface area is 212 Å². The number of nitrogens with zero attached hydrogens (tertiary/aromatic N) is 4. The van der Waals surface area contributed by atoms with Gasteiger partial charge < -0.3 is 19.4 Å². The van der Waals surface area contributed by atoms with Crippen molar-refractivity contribution in [1.82, 2.24) is 19.8 Å². The number of amides is 1. The second-order valence-electron chi connectivity index (χ2n) is 8.62. The van der Waals surface area contributed by atoms with Gasteiger partial charge in [-0.25, -0.2) is 9.78 Å². The summed E-state index contributed by atoms with van der Waals surface area (Å²) in [4.78, 5) is 23.9. The van der Waals surface area contributed by atoms with E-state index in [1.807, 2.05) is 12.1 Å². The number of alkyl halides is 3. The number of ether oxygens (including phenoxy) is 2. The van der Waals surface area contributed by atoms with Crippen LogP contribution in [0.5, 0.6) is 5.75 Å². The standard InChI is InChI=1S/C26H26F3N5O3/c27-26(28,29)17-37-24-4-2-1-3-21(24)16-36-25(35)34-11-9-33(10-12-34)23(22-15-31-18-32-22)13-19-5-7-20(14-30)8-6-19/h1-8,15,18,23H,9-13,16-17H2,(H,31,32). The highest BCUT2D eigenvalue weighted by atomic mass is 19.4. The van der Waals surface area contributed by atoms with Crippen LogP contribution in [0, 0.1) is 11.3 Å². The molecule has 1 aromatic heterocycles. The summed E-state index contributed by atoms with van der Waals surface area (Å²) in [6.07, 6.45) is -0.876. The Morgan fingerprint density at radius 1 is 1.11 bits per heavy atom. The molecule has 0 spiro atoms. The third-order valence-electron chi connectivity index (χ3n) is 6.12. The van der Waals surface area contributed by atoms with Gasteiger partial charge in [0, 0.05) is 37.9 Å². The van der Waals surface area contributed by atoms with E-state index in [4.69, 9.17) is 14.7 Å². The first-order valence-corrected chi connectivity index (χ1v) is 11.7. The van der Waals surface area contributed by atoms with Crippen molar-refractivity contribution >= 4 is 6.09 Å². The summed E-state index contributed by atoms with van der Waals surface area (Å²) in [5.41, 5.74) is 2.99. The molecule has 4 rings (SSSR count). The summed E-state index contributed by atoms with van der Waals surface area (Å²) in [6.45, 7) is 0.454. The predicted octanol–water partition coefficient (Wildman–Crippen LogP) is 4.46. The number of halogens is 3. The van der Waals surface area contributed by atoms with Gasteiger partial charge in [0.05, 0.1) is 29.7 Å². The van der Waals surface area contributed by atoms with E-state index in [-0.39, 0.29) is 18.4 Å². The average molecular weight is 514 g/mol. The lowest BCUT2D eigenvalue weighted by atomic mass is 10.0. The number of aromatic nitrogens is 2. The quantitative estimate of drug-likeness (QED) is 0.478. The van der Waals surface area contributed by atoms with Crippen LogP contribution in [0.15, 0.2) is 61.1 Å². The molecule has 1 saturated heterocycles. The Kier molecular flexibility index (Phi) is 8.30. The first-order valence-electron chi connectivity index (χ1n) is 11.7. The zero-order valence-electron chi connectivity index (χ0n) is 19.9. The van der Waals surface area contributed by atoms with Crippen LogP contribution in [-0.4, -0.2) is 64.8 Å². The number of carbonyl (C=O) groups is 1. The Morgan fingerprint density at radius 2 is 1.84 bits per heavy atom. The van der Waals surface area contributed by atoms with Crippen LogP contribution in [0.2, 0.25) is 0 Å². The van der Waals surface area contributed by atoms with Crippen LogP contribution in [0.3, 0.4) is 0 Å². The lowest BCUT2D eigenvalue weighted by Gasteiger charge is -2.38. The molecule has 1 aliphatic heterocycles. The Balaban J connectivity index is 1.33. The summed E-state index contributed by atoms with van der Waals surface area (Å²) in [6, 6.07) is 15.8. The fourth-order valence-electron chi connectivity index (χ4n) is 4.19. The van der Waals surface area contributed by atoms with Crippen molar-refractivity contribution in [3.63, 3.8) is 0 Å². The van der Waals surface area contributed by atoms with E-state index in [2.05, 4.69) is 20.9 Å². The topological polar surface area (TPSA) is 94.5 Å². The molecule has 1 unspecified atom stereocenters. The van der Waals surface area contributed by atoms with Crippen molar-refractivity contribution in [1.29, 1.82) is 5.26 Å². The summed E-state index contributed by atoms with van der Waals surface area (Å²) < 4.78 is 47.8. The lowest BCUT2D eigenvalue weighted by molar-refractivity contribution is -0.153. The molecule has 1 fully saturated rings. The number of aromatic amines is 1. The summed E-state index contributed by atoms with van der Waals surface area (Å²) >= 11 is 0. The number of hydrogen-bond acceptors (Lipinski definition) is 6. The molecule has 2 aromatic carbocycles. The Hall–Kier alpha value is -4.04. The summed E-state index contributed by atoms with van der Waals surface area (Å²) in [5, 5.41) is 9.04. The van der Waals surface area contributed by atoms with E-state index >= 15 is 0 Å². The van der Waals surface area contributed by atoms with Gasteiger partial charge in [-0.05, 0) is 30.2 Å². The molecular formula is C26H26F3N5O3. The maximum atomic E-state index is 12.7. The average Bonchev–Trinajstić information content (AvgIpc) is 3.44. The van der Waals surface area contributed by atoms with E-state index in [1.54, 1.807) is 47.8 Å². The van der Waals surface area contributed by atoms with Crippen LogP contribution in [0.4, 0.5) is 18.0 Å². The van der Waals surface area contributed by atoms with Crippen molar-refractivity contribution in [3.8, 4) is 11.8 Å². The van der Waals surface area contributed by atoms with Gasteiger partial charge in [-0.3, -0.25) is 4.90 Å². The molecule has 37 heavy (non-hydrogen) atoms. The van der Waals surface area contributed by atoms with Gasteiger partial charge in [-0.15, -0.1) is 0 Å². The molecule has 3 aromatic rings. The number of rotatable bonds is 8. The van der Waals surface area contributed by atoms with E-state index in [0.717, 1.165) is 11.3 Å². The Bertz CT molecular complexity index is 1200. The largest absolute Gasteiger partial charge is 0.484 e. The fourth-order valence-corrected chi connectivity index (χ4v) is 4.19. The van der Waals surface area contributed by atoms with E-state index in [1.165, 1.54) is 6.07 Å².